The predicted octanol–water partition coefficient (Wildman–Crippen LogP) is 1.26. The second-order valence-electron chi connectivity index (χ2n) is 5.22. The molecule has 1 aliphatic heterocycles. The van der Waals surface area contributed by atoms with Crippen LogP contribution in [0.4, 0.5) is 0 Å². The van der Waals surface area contributed by atoms with Crippen molar-refractivity contribution in [1.82, 2.24) is 4.31 Å². The van der Waals surface area contributed by atoms with Crippen molar-refractivity contribution in [2.75, 3.05) is 13.2 Å². The number of aliphatic hydroxyl groups is 1. The Morgan fingerprint density at radius 2 is 2.20 bits per heavy atom. The number of rotatable bonds is 3. The number of sulfonamides is 1. The molecule has 2 atom stereocenters. The van der Waals surface area contributed by atoms with Gasteiger partial charge in [0.2, 0.25) is 10.0 Å². The molecule has 1 aliphatic rings. The predicted molar refractivity (Wildman–Crippen MR) is 74.4 cm³/mol. The number of benzene rings is 1. The minimum atomic E-state index is -3.67. The fraction of sp³-hybridized carbons (Fsp3) is 0.500. The first-order chi connectivity index (χ1) is 9.41. The zero-order valence-corrected chi connectivity index (χ0v) is 12.4. The molecular formula is C14H18N2O3S. The summed E-state index contributed by atoms with van der Waals surface area (Å²) in [6.07, 6.45) is 0.738. The van der Waals surface area contributed by atoms with Gasteiger partial charge in [-0.25, -0.2) is 8.42 Å². The minimum Gasteiger partial charge on any atom is -0.395 e. The van der Waals surface area contributed by atoms with Gasteiger partial charge in [0.05, 0.1) is 29.2 Å². The van der Waals surface area contributed by atoms with Gasteiger partial charge in [-0.15, -0.1) is 0 Å². The fourth-order valence-corrected chi connectivity index (χ4v) is 4.60. The van der Waals surface area contributed by atoms with Gasteiger partial charge in [-0.3, -0.25) is 0 Å². The number of nitriles is 1. The molecule has 0 spiro atoms. The molecule has 1 fully saturated rings. The molecule has 2 rings (SSSR count). The molecule has 1 N–H and O–H groups in total. The van der Waals surface area contributed by atoms with E-state index in [0.717, 1.165) is 6.42 Å². The van der Waals surface area contributed by atoms with Gasteiger partial charge < -0.3 is 5.11 Å². The van der Waals surface area contributed by atoms with Gasteiger partial charge in [-0.05, 0) is 37.0 Å². The van der Waals surface area contributed by atoms with Crippen molar-refractivity contribution in [2.45, 2.75) is 31.2 Å². The SMILES string of the molecule is Cc1ccc(C#N)cc1S(=O)(=O)N1CCC(C)C1CO. The maximum absolute atomic E-state index is 12.7. The minimum absolute atomic E-state index is 0.134. The van der Waals surface area contributed by atoms with E-state index in [1.54, 1.807) is 19.1 Å². The van der Waals surface area contributed by atoms with Gasteiger partial charge in [0, 0.05) is 6.54 Å². The summed E-state index contributed by atoms with van der Waals surface area (Å²) in [5.74, 6) is 0.134. The molecule has 0 saturated carbocycles. The van der Waals surface area contributed by atoms with E-state index in [-0.39, 0.29) is 23.5 Å². The summed E-state index contributed by atoms with van der Waals surface area (Å²) in [6.45, 7) is 3.87. The number of hydrogen-bond donors (Lipinski definition) is 1. The molecule has 0 aliphatic carbocycles. The van der Waals surface area contributed by atoms with Crippen LogP contribution in [0, 0.1) is 24.2 Å². The third-order valence-corrected chi connectivity index (χ3v) is 5.99. The second-order valence-corrected chi connectivity index (χ2v) is 7.08. The number of hydrogen-bond acceptors (Lipinski definition) is 4. The molecule has 0 bridgehead atoms. The van der Waals surface area contributed by atoms with Gasteiger partial charge in [0.1, 0.15) is 0 Å². The maximum Gasteiger partial charge on any atom is 0.243 e. The first-order valence-corrected chi connectivity index (χ1v) is 7.99. The van der Waals surface area contributed by atoms with Crippen LogP contribution in [0.5, 0.6) is 0 Å². The van der Waals surface area contributed by atoms with Crippen molar-refractivity contribution in [3.63, 3.8) is 0 Å². The van der Waals surface area contributed by atoms with Crippen LogP contribution in [0.25, 0.3) is 0 Å². The van der Waals surface area contributed by atoms with E-state index in [2.05, 4.69) is 0 Å². The van der Waals surface area contributed by atoms with Crippen molar-refractivity contribution in [3.8, 4) is 6.07 Å². The Labute approximate surface area is 119 Å². The summed E-state index contributed by atoms with van der Waals surface area (Å²) >= 11 is 0. The molecule has 2 unspecified atom stereocenters. The average molecular weight is 294 g/mol. The highest BCUT2D eigenvalue weighted by atomic mass is 32.2. The Morgan fingerprint density at radius 3 is 2.80 bits per heavy atom. The topological polar surface area (TPSA) is 81.4 Å². The van der Waals surface area contributed by atoms with Gasteiger partial charge in [-0.1, -0.05) is 13.0 Å². The molecule has 1 aromatic rings. The fourth-order valence-electron chi connectivity index (χ4n) is 2.62. The van der Waals surface area contributed by atoms with Crippen LogP contribution in [-0.2, 0) is 10.0 Å². The van der Waals surface area contributed by atoms with Gasteiger partial charge >= 0.3 is 0 Å². The molecule has 20 heavy (non-hydrogen) atoms. The number of nitrogens with zero attached hydrogens (tertiary/aromatic N) is 2. The molecule has 5 nitrogen and oxygen atoms in total. The second kappa shape index (κ2) is 5.52. The molecule has 1 heterocycles. The van der Waals surface area contributed by atoms with Gasteiger partial charge in [0.15, 0.2) is 0 Å². The van der Waals surface area contributed by atoms with E-state index in [9.17, 15) is 13.5 Å². The molecule has 0 radical (unpaired) electrons. The summed E-state index contributed by atoms with van der Waals surface area (Å²) in [4.78, 5) is 0.157. The summed E-state index contributed by atoms with van der Waals surface area (Å²) in [6, 6.07) is 6.22. The molecule has 0 aromatic heterocycles. The highest BCUT2D eigenvalue weighted by Crippen LogP contribution is 2.31. The Kier molecular flexibility index (Phi) is 4.14. The summed E-state index contributed by atoms with van der Waals surface area (Å²) in [7, 11) is -3.67. The zero-order valence-electron chi connectivity index (χ0n) is 11.6. The van der Waals surface area contributed by atoms with Crippen molar-refractivity contribution in [3.05, 3.63) is 29.3 Å². The van der Waals surface area contributed by atoms with Crippen molar-refractivity contribution in [2.24, 2.45) is 5.92 Å². The van der Waals surface area contributed by atoms with Gasteiger partial charge in [-0.2, -0.15) is 9.57 Å². The normalized spacial score (nSPS) is 23.7. The van der Waals surface area contributed by atoms with E-state index in [0.29, 0.717) is 17.7 Å². The first kappa shape index (κ1) is 15.0. The quantitative estimate of drug-likeness (QED) is 0.910. The van der Waals surface area contributed by atoms with Crippen LogP contribution in [-0.4, -0.2) is 37.0 Å². The summed E-state index contributed by atoms with van der Waals surface area (Å²) in [5, 5.41) is 18.4. The van der Waals surface area contributed by atoms with Crippen molar-refractivity contribution < 1.29 is 13.5 Å². The van der Waals surface area contributed by atoms with E-state index >= 15 is 0 Å². The van der Waals surface area contributed by atoms with Crippen LogP contribution in [0.1, 0.15) is 24.5 Å². The Morgan fingerprint density at radius 1 is 1.50 bits per heavy atom. The van der Waals surface area contributed by atoms with Crippen molar-refractivity contribution >= 4 is 10.0 Å². The molecule has 1 saturated heterocycles. The largest absolute Gasteiger partial charge is 0.395 e. The molecule has 108 valence electrons. The lowest BCUT2D eigenvalue weighted by molar-refractivity contribution is 0.191. The molecule has 6 heteroatoms. The van der Waals surface area contributed by atoms with Crippen LogP contribution >= 0.6 is 0 Å². The monoisotopic (exact) mass is 294 g/mol. The van der Waals surface area contributed by atoms with Gasteiger partial charge in [0.25, 0.3) is 0 Å². The highest BCUT2D eigenvalue weighted by molar-refractivity contribution is 7.89. The third kappa shape index (κ3) is 2.44. The van der Waals surface area contributed by atoms with Crippen LogP contribution in [0.15, 0.2) is 23.1 Å². The van der Waals surface area contributed by atoms with Crippen molar-refractivity contribution in [1.29, 1.82) is 5.26 Å². The van der Waals surface area contributed by atoms with Crippen LogP contribution < -0.4 is 0 Å². The van der Waals surface area contributed by atoms with Crippen LogP contribution in [0.3, 0.4) is 0 Å². The maximum atomic E-state index is 12.7. The van der Waals surface area contributed by atoms with E-state index in [1.165, 1.54) is 10.4 Å². The number of aryl methyl sites for hydroxylation is 1. The standard InChI is InChI=1S/C14H18N2O3S/c1-10-5-6-16(13(10)9-17)20(18,19)14-7-12(8-15)4-3-11(14)2/h3-4,7,10,13,17H,5-6,9H2,1-2H3. The molecule has 1 aromatic carbocycles. The lowest BCUT2D eigenvalue weighted by Crippen LogP contribution is -2.40. The van der Waals surface area contributed by atoms with E-state index in [1.807, 2.05) is 13.0 Å². The highest BCUT2D eigenvalue weighted by Gasteiger charge is 2.39. The Balaban J connectivity index is 2.48. The van der Waals surface area contributed by atoms with E-state index in [4.69, 9.17) is 5.26 Å². The molecular weight excluding hydrogens is 276 g/mol. The Hall–Kier alpha value is -1.42. The molecule has 0 amide bonds. The zero-order chi connectivity index (χ0) is 14.9. The smallest absolute Gasteiger partial charge is 0.243 e. The van der Waals surface area contributed by atoms with E-state index < -0.39 is 10.0 Å². The summed E-state index contributed by atoms with van der Waals surface area (Å²) < 4.78 is 26.8. The summed E-state index contributed by atoms with van der Waals surface area (Å²) in [5.41, 5.74) is 0.933. The first-order valence-electron chi connectivity index (χ1n) is 6.55. The lowest BCUT2D eigenvalue weighted by atomic mass is 10.0. The Bertz CT molecular complexity index is 649. The third-order valence-electron chi connectivity index (χ3n) is 3.92. The number of aliphatic hydroxyl groups excluding tert-OH is 1. The average Bonchev–Trinajstić information content (AvgIpc) is 2.80. The van der Waals surface area contributed by atoms with Crippen LogP contribution in [0.2, 0.25) is 0 Å². The lowest BCUT2D eigenvalue weighted by Gasteiger charge is -2.25.